The molecule has 196 valence electrons. The van der Waals surface area contributed by atoms with Crippen LogP contribution in [-0.2, 0) is 31.2 Å². The van der Waals surface area contributed by atoms with Gasteiger partial charge in [0.1, 0.15) is 0 Å². The topological polar surface area (TPSA) is 46.7 Å². The summed E-state index contributed by atoms with van der Waals surface area (Å²) in [5, 5.41) is 8.73. The van der Waals surface area contributed by atoms with E-state index in [9.17, 15) is 0 Å². The van der Waals surface area contributed by atoms with Crippen LogP contribution in [0.4, 0.5) is 11.4 Å². The summed E-state index contributed by atoms with van der Waals surface area (Å²) in [4.78, 5) is 0. The minimum atomic E-state index is 0. The molecule has 0 atom stereocenters. The van der Waals surface area contributed by atoms with Crippen LogP contribution in [0.1, 0.15) is 61.8 Å². The van der Waals surface area contributed by atoms with Crippen molar-refractivity contribution in [3.8, 4) is 0 Å². The van der Waals surface area contributed by atoms with Crippen LogP contribution in [0.25, 0.3) is 10.6 Å². The third kappa shape index (κ3) is 17.4. The van der Waals surface area contributed by atoms with Crippen molar-refractivity contribution in [1.82, 2.24) is 0 Å². The van der Waals surface area contributed by atoms with E-state index in [-0.39, 0.29) is 46.5 Å². The number of hydrogen-bond donors (Lipinski definition) is 0. The summed E-state index contributed by atoms with van der Waals surface area (Å²) in [5.41, 5.74) is 7.50. The first-order valence-electron chi connectivity index (χ1n) is 12.1. The van der Waals surface area contributed by atoms with Gasteiger partial charge in [-0.05, 0) is 64.5 Å². The average molecular weight is 559 g/mol. The van der Waals surface area contributed by atoms with Gasteiger partial charge >= 0.3 is 21.7 Å². The Bertz CT molecular complexity index is 677. The summed E-state index contributed by atoms with van der Waals surface area (Å²) in [7, 11) is 0. The fourth-order valence-corrected chi connectivity index (χ4v) is 3.18. The minimum Gasteiger partial charge on any atom is -1.00 e. The first kappa shape index (κ1) is 38.8. The molecule has 2 saturated heterocycles. The van der Waals surface area contributed by atoms with Crippen LogP contribution in [0.2, 0.25) is 0 Å². The Kier molecular flexibility index (Phi) is 27.6. The molecule has 0 amide bonds. The molecular weight excluding hydrogens is 515 g/mol. The Labute approximate surface area is 242 Å². The van der Waals surface area contributed by atoms with E-state index in [2.05, 4.69) is 88.6 Å². The number of nitrogens with zero attached hydrogens (tertiary/aromatic N) is 2. The van der Waals surface area contributed by atoms with Crippen molar-refractivity contribution in [1.29, 1.82) is 0 Å². The molecule has 4 rings (SSSR count). The maximum absolute atomic E-state index is 4.94. The van der Waals surface area contributed by atoms with E-state index in [1.54, 1.807) is 0 Å². The molecule has 2 aromatic rings. The largest absolute Gasteiger partial charge is 4.00 e. The zero-order valence-corrected chi connectivity index (χ0v) is 25.6. The van der Waals surface area contributed by atoms with Crippen LogP contribution >= 0.6 is 0 Å². The maximum atomic E-state index is 4.94. The van der Waals surface area contributed by atoms with E-state index in [4.69, 9.17) is 9.47 Å². The van der Waals surface area contributed by atoms with Gasteiger partial charge in [0.2, 0.25) is 0 Å². The van der Waals surface area contributed by atoms with E-state index < -0.39 is 0 Å². The predicted molar refractivity (Wildman–Crippen MR) is 139 cm³/mol. The van der Waals surface area contributed by atoms with E-state index in [0.29, 0.717) is 0 Å². The van der Waals surface area contributed by atoms with Crippen LogP contribution in [-0.4, -0.2) is 39.5 Å². The number of aryl methyl sites for hydroxylation is 2. The van der Waals surface area contributed by atoms with Crippen molar-refractivity contribution in [3.05, 3.63) is 69.3 Å². The monoisotopic (exact) mass is 558 g/mol. The number of rotatable bonds is 4. The van der Waals surface area contributed by atoms with Crippen molar-refractivity contribution in [2.45, 2.75) is 67.2 Å². The fourth-order valence-electron chi connectivity index (χ4n) is 3.18. The summed E-state index contributed by atoms with van der Waals surface area (Å²) in [5.74, 6) is 0. The first-order valence-corrected chi connectivity index (χ1v) is 12.1. The summed E-state index contributed by atoms with van der Waals surface area (Å²) in [6, 6.07) is 12.5. The summed E-state index contributed by atoms with van der Waals surface area (Å²) in [6.45, 7) is 18.3. The second kappa shape index (κ2) is 24.9. The van der Waals surface area contributed by atoms with Crippen LogP contribution in [0.3, 0.4) is 0 Å². The Morgan fingerprint density at radius 1 is 0.600 bits per heavy atom. The zero-order chi connectivity index (χ0) is 23.6. The fraction of sp³-hybridized carbons (Fsp3) is 0.571. The third-order valence-corrected chi connectivity index (χ3v) is 5.46. The summed E-state index contributed by atoms with van der Waals surface area (Å²) >= 11 is 0. The quantitative estimate of drug-likeness (QED) is 0.540. The van der Waals surface area contributed by atoms with Crippen molar-refractivity contribution in [3.63, 3.8) is 0 Å². The van der Waals surface area contributed by atoms with Crippen molar-refractivity contribution in [2.24, 2.45) is 0 Å². The van der Waals surface area contributed by atoms with Crippen molar-refractivity contribution < 1.29 is 56.0 Å². The number of ether oxygens (including phenoxy) is 2. The van der Waals surface area contributed by atoms with Crippen molar-refractivity contribution >= 4 is 11.4 Å². The molecule has 0 unspecified atom stereocenters. The molecule has 0 aromatic heterocycles. The Morgan fingerprint density at radius 2 is 0.914 bits per heavy atom. The van der Waals surface area contributed by atoms with E-state index in [1.807, 2.05) is 0 Å². The zero-order valence-electron chi connectivity index (χ0n) is 22.5. The summed E-state index contributed by atoms with van der Waals surface area (Å²) in [6.07, 6.45) is 5.11. The van der Waals surface area contributed by atoms with E-state index in [1.165, 1.54) is 47.9 Å². The molecule has 0 spiro atoms. The summed E-state index contributed by atoms with van der Waals surface area (Å²) < 4.78 is 9.89. The number of halogens is 2. The molecule has 2 heterocycles. The molecule has 0 N–H and O–H groups in total. The van der Waals surface area contributed by atoms with Gasteiger partial charge in [0.05, 0.1) is 0 Å². The molecule has 2 aliphatic heterocycles. The Balaban J connectivity index is -0.000000400. The van der Waals surface area contributed by atoms with Crippen LogP contribution in [0, 0.1) is 27.7 Å². The standard InChI is InChI=1S/2C10H14N.2C4H8O.2ClH.Ti/c2*1-4-11-10-7-5-6-8(2)9(10)3;2*1-2-4-5-3-1;;;/h2*5-7H,4H2,1-3H3;2*1-4H2;2*1H;/q2*-1;;;;;+4/p-2. The Hall–Kier alpha value is -0.746. The molecule has 2 fully saturated rings. The Morgan fingerprint density at radius 3 is 1.14 bits per heavy atom. The molecule has 7 heteroatoms. The molecule has 2 aromatic carbocycles. The minimum absolute atomic E-state index is 0. The smallest absolute Gasteiger partial charge is 1.00 e. The van der Waals surface area contributed by atoms with Gasteiger partial charge in [-0.25, -0.2) is 0 Å². The first-order chi connectivity index (χ1) is 15.5. The third-order valence-electron chi connectivity index (χ3n) is 5.46. The molecule has 2 aliphatic rings. The van der Waals surface area contributed by atoms with Crippen molar-refractivity contribution in [2.75, 3.05) is 39.5 Å². The van der Waals surface area contributed by atoms with E-state index >= 15 is 0 Å². The van der Waals surface area contributed by atoms with Crippen LogP contribution in [0.15, 0.2) is 36.4 Å². The normalized spacial score (nSPS) is 13.0. The molecule has 0 saturated carbocycles. The molecule has 35 heavy (non-hydrogen) atoms. The molecule has 4 nitrogen and oxygen atoms in total. The van der Waals surface area contributed by atoms with Gasteiger partial charge in [-0.15, -0.1) is 24.5 Å². The number of hydrogen-bond acceptors (Lipinski definition) is 2. The van der Waals surface area contributed by atoms with Gasteiger partial charge in [0, 0.05) is 26.4 Å². The predicted octanol–water partition coefficient (Wildman–Crippen LogP) is 2.26. The number of benzene rings is 2. The molecule has 0 bridgehead atoms. The van der Waals surface area contributed by atoms with Gasteiger partial charge in [0.15, 0.2) is 0 Å². The van der Waals surface area contributed by atoms with Gasteiger partial charge in [-0.3, -0.25) is 0 Å². The molecule has 0 aliphatic carbocycles. The van der Waals surface area contributed by atoms with Gasteiger partial charge in [-0.1, -0.05) is 61.4 Å². The SMILES string of the molecule is C1CCOC1.C1CCOC1.CC[N-]c1cccc(C)c1C.CC[N-]c1cccc(C)c1C.[Cl-].[Cl-].[Ti+4]. The molecular formula is C28H44Cl2N2O2Ti. The van der Waals surface area contributed by atoms with E-state index in [0.717, 1.165) is 50.9 Å². The second-order valence-electron chi connectivity index (χ2n) is 8.03. The van der Waals surface area contributed by atoms with Crippen LogP contribution < -0.4 is 24.8 Å². The van der Waals surface area contributed by atoms with Gasteiger partial charge in [-0.2, -0.15) is 0 Å². The van der Waals surface area contributed by atoms with Crippen LogP contribution in [0.5, 0.6) is 0 Å². The average Bonchev–Trinajstić information content (AvgIpc) is 3.55. The van der Waals surface area contributed by atoms with Gasteiger partial charge in [0.25, 0.3) is 0 Å². The molecule has 0 radical (unpaired) electrons. The van der Waals surface area contributed by atoms with Gasteiger partial charge < -0.3 is 44.9 Å². The second-order valence-corrected chi connectivity index (χ2v) is 8.03. The maximum Gasteiger partial charge on any atom is 4.00 e.